The Balaban J connectivity index is 2.00. The number of nitrogens with zero attached hydrogens (tertiary/aromatic N) is 5. The third-order valence-electron chi connectivity index (χ3n) is 3.14. The van der Waals surface area contributed by atoms with Crippen molar-refractivity contribution in [3.8, 4) is 5.95 Å². The summed E-state index contributed by atoms with van der Waals surface area (Å²) in [4.78, 5) is 20.8. The summed E-state index contributed by atoms with van der Waals surface area (Å²) in [5, 5.41) is 11.3. The molecule has 0 aliphatic rings. The quantitative estimate of drug-likeness (QED) is 0.515. The number of azo groups is 1. The van der Waals surface area contributed by atoms with Gasteiger partial charge in [0, 0.05) is 10.2 Å². The summed E-state index contributed by atoms with van der Waals surface area (Å²) in [6, 6.07) is 8.88. The molecule has 3 aromatic rings. The molecule has 1 N–H and O–H groups in total. The first-order valence-corrected chi connectivity index (χ1v) is 8.11. The highest BCUT2D eigenvalue weighted by molar-refractivity contribution is 9.10. The highest BCUT2D eigenvalue weighted by Crippen LogP contribution is 2.20. The number of H-pyrrole nitrogens is 1. The van der Waals surface area contributed by atoms with Gasteiger partial charge in [0.1, 0.15) is 5.15 Å². The average molecular weight is 408 g/mol. The van der Waals surface area contributed by atoms with Gasteiger partial charge < -0.3 is 0 Å². The van der Waals surface area contributed by atoms with Crippen LogP contribution in [0.1, 0.15) is 11.4 Å². The molecule has 2 heterocycles. The lowest BCUT2D eigenvalue weighted by atomic mass is 10.3. The first-order chi connectivity index (χ1) is 11.4. The molecular weight excluding hydrogens is 396 g/mol. The lowest BCUT2D eigenvalue weighted by Crippen LogP contribution is -2.17. The summed E-state index contributed by atoms with van der Waals surface area (Å²) in [6.45, 7) is 3.50. The number of aromatic nitrogens is 4. The Bertz CT molecular complexity index is 956. The second-order valence-electron chi connectivity index (χ2n) is 5.03. The Morgan fingerprint density at radius 1 is 1.17 bits per heavy atom. The van der Waals surface area contributed by atoms with E-state index in [4.69, 9.17) is 11.6 Å². The first kappa shape index (κ1) is 16.5. The normalized spacial score (nSPS) is 11.3. The zero-order chi connectivity index (χ0) is 17.3. The second kappa shape index (κ2) is 6.66. The van der Waals surface area contributed by atoms with Crippen molar-refractivity contribution >= 4 is 38.9 Å². The molecule has 2 aromatic heterocycles. The number of aryl methyl sites for hydroxylation is 2. The van der Waals surface area contributed by atoms with Crippen molar-refractivity contribution in [2.45, 2.75) is 13.8 Å². The van der Waals surface area contributed by atoms with Crippen LogP contribution in [-0.2, 0) is 0 Å². The van der Waals surface area contributed by atoms with Crippen LogP contribution >= 0.6 is 27.5 Å². The van der Waals surface area contributed by atoms with Crippen LogP contribution in [0.3, 0.4) is 0 Å². The number of benzene rings is 1. The largest absolute Gasteiger partial charge is 0.301 e. The number of nitrogens with one attached hydrogen (secondary N) is 1. The fraction of sp³-hybridized carbons (Fsp3) is 0.133. The van der Waals surface area contributed by atoms with Gasteiger partial charge in [-0.25, -0.2) is 4.98 Å². The maximum absolute atomic E-state index is 12.5. The number of halogens is 2. The van der Waals surface area contributed by atoms with Crippen molar-refractivity contribution in [1.29, 1.82) is 0 Å². The molecule has 0 saturated carbocycles. The van der Waals surface area contributed by atoms with Gasteiger partial charge in [-0.05, 0) is 44.2 Å². The summed E-state index contributed by atoms with van der Waals surface area (Å²) in [7, 11) is 0. The van der Waals surface area contributed by atoms with Crippen LogP contribution in [0.5, 0.6) is 0 Å². The van der Waals surface area contributed by atoms with E-state index in [2.05, 4.69) is 41.2 Å². The molecule has 0 amide bonds. The molecule has 0 unspecified atom stereocenters. The van der Waals surface area contributed by atoms with Gasteiger partial charge in [-0.15, -0.1) is 5.11 Å². The Hall–Kier alpha value is -2.32. The maximum Gasteiger partial charge on any atom is 0.301 e. The number of hydrogen-bond acceptors (Lipinski definition) is 5. The lowest BCUT2D eigenvalue weighted by Gasteiger charge is -2.01. The van der Waals surface area contributed by atoms with E-state index >= 15 is 0 Å². The van der Waals surface area contributed by atoms with Crippen LogP contribution < -0.4 is 5.56 Å². The van der Waals surface area contributed by atoms with Gasteiger partial charge in [0.25, 0.3) is 5.95 Å². The van der Waals surface area contributed by atoms with E-state index in [-0.39, 0.29) is 16.8 Å². The molecular formula is C15H12BrClN6O. The molecule has 24 heavy (non-hydrogen) atoms. The Morgan fingerprint density at radius 3 is 2.54 bits per heavy atom. The fourth-order valence-electron chi connectivity index (χ4n) is 2.03. The number of aromatic amines is 1. The SMILES string of the molecule is Cc1cc(Cl)nc(-n2[nH]c(C)c(N=Nc3ccc(Br)cc3)c2=O)n1. The van der Waals surface area contributed by atoms with Crippen LogP contribution in [-0.4, -0.2) is 19.7 Å². The van der Waals surface area contributed by atoms with Crippen molar-refractivity contribution in [1.82, 2.24) is 19.7 Å². The van der Waals surface area contributed by atoms with Gasteiger partial charge in [0.2, 0.25) is 0 Å². The van der Waals surface area contributed by atoms with Crippen molar-refractivity contribution in [3.05, 3.63) is 61.7 Å². The smallest absolute Gasteiger partial charge is 0.290 e. The summed E-state index contributed by atoms with van der Waals surface area (Å²) in [6.07, 6.45) is 0. The minimum Gasteiger partial charge on any atom is -0.290 e. The van der Waals surface area contributed by atoms with E-state index < -0.39 is 5.56 Å². The molecule has 0 fully saturated rings. The first-order valence-electron chi connectivity index (χ1n) is 6.94. The second-order valence-corrected chi connectivity index (χ2v) is 6.34. The van der Waals surface area contributed by atoms with Gasteiger partial charge in [-0.1, -0.05) is 27.5 Å². The van der Waals surface area contributed by atoms with Gasteiger partial charge in [-0.2, -0.15) is 14.8 Å². The fourth-order valence-corrected chi connectivity index (χ4v) is 2.52. The summed E-state index contributed by atoms with van der Waals surface area (Å²) in [5.41, 5.74) is 1.65. The molecule has 7 nitrogen and oxygen atoms in total. The van der Waals surface area contributed by atoms with Crippen molar-refractivity contribution in [2.75, 3.05) is 0 Å². The van der Waals surface area contributed by atoms with E-state index in [0.717, 1.165) is 4.47 Å². The van der Waals surface area contributed by atoms with E-state index in [9.17, 15) is 4.79 Å². The van der Waals surface area contributed by atoms with Gasteiger partial charge in [0.15, 0.2) is 5.69 Å². The molecule has 0 aliphatic carbocycles. The van der Waals surface area contributed by atoms with E-state index in [1.165, 1.54) is 4.68 Å². The number of rotatable bonds is 3. The van der Waals surface area contributed by atoms with E-state index in [1.807, 2.05) is 12.1 Å². The molecule has 122 valence electrons. The standard InChI is InChI=1S/C15H12BrClN6O/c1-8-7-12(17)19-15(18-8)23-14(24)13(9(2)22-23)21-20-11-5-3-10(16)4-6-11/h3-7,22H,1-2H3. The minimum absolute atomic E-state index is 0.165. The molecule has 0 aliphatic heterocycles. The molecule has 0 atom stereocenters. The van der Waals surface area contributed by atoms with Crippen LogP contribution in [0.25, 0.3) is 5.95 Å². The summed E-state index contributed by atoms with van der Waals surface area (Å²) >= 11 is 9.28. The monoisotopic (exact) mass is 406 g/mol. The van der Waals surface area contributed by atoms with Gasteiger partial charge >= 0.3 is 5.56 Å². The van der Waals surface area contributed by atoms with Crippen LogP contribution in [0.15, 0.2) is 49.8 Å². The predicted molar refractivity (Wildman–Crippen MR) is 94.8 cm³/mol. The lowest BCUT2D eigenvalue weighted by molar-refractivity contribution is 0.769. The third-order valence-corrected chi connectivity index (χ3v) is 3.87. The van der Waals surface area contributed by atoms with Crippen molar-refractivity contribution in [3.63, 3.8) is 0 Å². The van der Waals surface area contributed by atoms with E-state index in [1.54, 1.807) is 32.0 Å². The summed E-state index contributed by atoms with van der Waals surface area (Å²) in [5.74, 6) is 0.165. The third kappa shape index (κ3) is 3.44. The van der Waals surface area contributed by atoms with Crippen LogP contribution in [0.2, 0.25) is 5.15 Å². The molecule has 0 bridgehead atoms. The Morgan fingerprint density at radius 2 is 1.88 bits per heavy atom. The Labute approximate surface area is 150 Å². The molecule has 9 heteroatoms. The minimum atomic E-state index is -0.393. The Kier molecular flexibility index (Phi) is 4.59. The highest BCUT2D eigenvalue weighted by Gasteiger charge is 2.14. The maximum atomic E-state index is 12.5. The van der Waals surface area contributed by atoms with Gasteiger partial charge in [0.05, 0.1) is 11.4 Å². The predicted octanol–water partition coefficient (Wildman–Crippen LogP) is 4.40. The van der Waals surface area contributed by atoms with E-state index in [0.29, 0.717) is 17.1 Å². The highest BCUT2D eigenvalue weighted by atomic mass is 79.9. The van der Waals surface area contributed by atoms with Crippen molar-refractivity contribution < 1.29 is 0 Å². The van der Waals surface area contributed by atoms with Crippen molar-refractivity contribution in [2.24, 2.45) is 10.2 Å². The number of hydrogen-bond donors (Lipinski definition) is 1. The average Bonchev–Trinajstić information content (AvgIpc) is 2.81. The zero-order valence-electron chi connectivity index (χ0n) is 12.8. The molecule has 0 radical (unpaired) electrons. The van der Waals surface area contributed by atoms with Gasteiger partial charge in [-0.3, -0.25) is 9.89 Å². The zero-order valence-corrected chi connectivity index (χ0v) is 15.1. The molecule has 1 aromatic carbocycles. The van der Waals surface area contributed by atoms with Crippen LogP contribution in [0, 0.1) is 13.8 Å². The molecule has 0 saturated heterocycles. The topological polar surface area (TPSA) is 88.3 Å². The summed E-state index contributed by atoms with van der Waals surface area (Å²) < 4.78 is 2.14. The molecule has 0 spiro atoms. The molecule has 3 rings (SSSR count). The van der Waals surface area contributed by atoms with Crippen LogP contribution in [0.4, 0.5) is 11.4 Å².